The first-order valence-corrected chi connectivity index (χ1v) is 9.86. The molecule has 0 aliphatic carbocycles. The highest BCUT2D eigenvalue weighted by molar-refractivity contribution is 6.15. The highest BCUT2D eigenvalue weighted by Crippen LogP contribution is 2.42. The van der Waals surface area contributed by atoms with Crippen molar-refractivity contribution in [2.75, 3.05) is 21.0 Å². The van der Waals surface area contributed by atoms with Crippen LogP contribution in [0.25, 0.3) is 6.08 Å². The second kappa shape index (κ2) is 7.85. The number of nitrogens with zero attached hydrogens (tertiary/aromatic N) is 1. The van der Waals surface area contributed by atoms with Crippen molar-refractivity contribution in [3.8, 4) is 23.0 Å². The molecule has 5 rings (SSSR count). The van der Waals surface area contributed by atoms with Gasteiger partial charge in [-0.15, -0.1) is 0 Å². The zero-order valence-corrected chi connectivity index (χ0v) is 17.2. The Balaban J connectivity index is 1.45. The van der Waals surface area contributed by atoms with Crippen LogP contribution in [0.15, 0.2) is 58.9 Å². The van der Waals surface area contributed by atoms with Gasteiger partial charge in [-0.25, -0.2) is 0 Å². The fourth-order valence-electron chi connectivity index (χ4n) is 3.81. The van der Waals surface area contributed by atoms with Crippen molar-refractivity contribution in [2.45, 2.75) is 13.1 Å². The van der Waals surface area contributed by atoms with Crippen molar-refractivity contribution < 1.29 is 28.2 Å². The van der Waals surface area contributed by atoms with Crippen LogP contribution >= 0.6 is 0 Å². The quantitative estimate of drug-likeness (QED) is 0.572. The number of furan rings is 1. The van der Waals surface area contributed by atoms with Gasteiger partial charge in [0, 0.05) is 18.2 Å². The fraction of sp³-hybridized carbons (Fsp3) is 0.208. The van der Waals surface area contributed by atoms with Gasteiger partial charge in [-0.05, 0) is 42.5 Å². The lowest BCUT2D eigenvalue weighted by molar-refractivity contribution is 0.0810. The van der Waals surface area contributed by atoms with E-state index in [0.717, 1.165) is 22.6 Å². The summed E-state index contributed by atoms with van der Waals surface area (Å²) in [7, 11) is 3.16. The fourth-order valence-corrected chi connectivity index (χ4v) is 3.81. The summed E-state index contributed by atoms with van der Waals surface area (Å²) in [5.41, 5.74) is 2.11. The highest BCUT2D eigenvalue weighted by Gasteiger charge is 2.34. The largest absolute Gasteiger partial charge is 0.497 e. The predicted molar refractivity (Wildman–Crippen MR) is 112 cm³/mol. The summed E-state index contributed by atoms with van der Waals surface area (Å²) < 4.78 is 28.1. The van der Waals surface area contributed by atoms with Crippen LogP contribution in [0.3, 0.4) is 0 Å². The molecule has 158 valence electrons. The van der Waals surface area contributed by atoms with Gasteiger partial charge in [-0.3, -0.25) is 9.69 Å². The third kappa shape index (κ3) is 3.53. The van der Waals surface area contributed by atoms with Crippen molar-refractivity contribution in [1.29, 1.82) is 0 Å². The number of carbonyl (C=O) groups is 1. The summed E-state index contributed by atoms with van der Waals surface area (Å²) >= 11 is 0. The number of benzene rings is 2. The number of fused-ring (bicyclic) bond motifs is 3. The Morgan fingerprint density at radius 1 is 1.13 bits per heavy atom. The third-order valence-electron chi connectivity index (χ3n) is 5.37. The van der Waals surface area contributed by atoms with Crippen LogP contribution in [0.2, 0.25) is 0 Å². The molecular formula is C24H21NO6. The van der Waals surface area contributed by atoms with Crippen LogP contribution in [0.4, 0.5) is 0 Å². The van der Waals surface area contributed by atoms with E-state index in [1.54, 1.807) is 38.7 Å². The van der Waals surface area contributed by atoms with Crippen molar-refractivity contribution >= 4 is 11.9 Å². The average molecular weight is 419 g/mol. The number of Topliss-reactive ketones (excluding diaryl/α,β-unsaturated/α-hetero) is 1. The monoisotopic (exact) mass is 419 g/mol. The number of methoxy groups -OCH3 is 2. The van der Waals surface area contributed by atoms with Crippen molar-refractivity contribution in [3.63, 3.8) is 0 Å². The molecule has 31 heavy (non-hydrogen) atoms. The maximum absolute atomic E-state index is 13.0. The van der Waals surface area contributed by atoms with Gasteiger partial charge in [0.15, 0.2) is 5.76 Å². The zero-order valence-electron chi connectivity index (χ0n) is 17.2. The van der Waals surface area contributed by atoms with Crippen LogP contribution in [-0.4, -0.2) is 31.6 Å². The maximum Gasteiger partial charge on any atom is 0.231 e. The van der Waals surface area contributed by atoms with E-state index >= 15 is 0 Å². The predicted octanol–water partition coefficient (Wildman–Crippen LogP) is 4.27. The van der Waals surface area contributed by atoms with Crippen molar-refractivity contribution in [3.05, 3.63) is 76.9 Å². The van der Waals surface area contributed by atoms with Gasteiger partial charge in [0.1, 0.15) is 35.5 Å². The second-order valence-electron chi connectivity index (χ2n) is 7.31. The first-order valence-electron chi connectivity index (χ1n) is 9.86. The first kappa shape index (κ1) is 19.3. The topological polar surface area (TPSA) is 70.4 Å². The van der Waals surface area contributed by atoms with Gasteiger partial charge in [-0.1, -0.05) is 0 Å². The molecule has 0 fully saturated rings. The molecule has 2 aliphatic rings. The van der Waals surface area contributed by atoms with E-state index in [2.05, 4.69) is 4.90 Å². The minimum atomic E-state index is -0.168. The summed E-state index contributed by atoms with van der Waals surface area (Å²) in [6.45, 7) is 1.63. The van der Waals surface area contributed by atoms with Crippen LogP contribution in [0.5, 0.6) is 23.0 Å². The molecule has 2 aliphatic heterocycles. The molecule has 0 amide bonds. The lowest BCUT2D eigenvalue weighted by Gasteiger charge is -2.29. The number of ether oxygens (including phenoxy) is 4. The van der Waals surface area contributed by atoms with E-state index in [9.17, 15) is 4.79 Å². The summed E-state index contributed by atoms with van der Waals surface area (Å²) in [5.74, 6) is 3.46. The number of rotatable bonds is 5. The molecule has 0 unspecified atom stereocenters. The number of hydrogen-bond acceptors (Lipinski definition) is 7. The van der Waals surface area contributed by atoms with E-state index in [-0.39, 0.29) is 11.5 Å². The van der Waals surface area contributed by atoms with Crippen LogP contribution in [0.1, 0.15) is 27.2 Å². The molecule has 0 atom stereocenters. The van der Waals surface area contributed by atoms with Gasteiger partial charge in [0.05, 0.1) is 38.2 Å². The SMILES string of the molecule is COc1ccc(C=C2Oc3c(ccc4c3CN(Cc3ccco3)CO4)C2=O)c(OC)c1. The number of hydrogen-bond donors (Lipinski definition) is 0. The molecular weight excluding hydrogens is 398 g/mol. The van der Waals surface area contributed by atoms with Gasteiger partial charge in [0.2, 0.25) is 5.78 Å². The second-order valence-corrected chi connectivity index (χ2v) is 7.31. The molecule has 3 aromatic rings. The molecule has 2 aromatic carbocycles. The minimum absolute atomic E-state index is 0.168. The minimum Gasteiger partial charge on any atom is -0.497 e. The van der Waals surface area contributed by atoms with E-state index in [4.69, 9.17) is 23.4 Å². The molecule has 7 heteroatoms. The smallest absolute Gasteiger partial charge is 0.231 e. The molecule has 1 aromatic heterocycles. The standard InChI is InChI=1S/C24H21NO6/c1-27-16-6-5-15(21(11-16)28-2)10-22-23(26)18-7-8-20-19(24(18)31-22)13-25(14-30-20)12-17-4-3-9-29-17/h3-11H,12-14H2,1-2H3. The van der Waals surface area contributed by atoms with E-state index in [1.807, 2.05) is 30.3 Å². The summed E-state index contributed by atoms with van der Waals surface area (Å²) in [4.78, 5) is 15.1. The van der Waals surface area contributed by atoms with Crippen LogP contribution in [-0.2, 0) is 13.1 Å². The van der Waals surface area contributed by atoms with Gasteiger partial charge in [-0.2, -0.15) is 0 Å². The number of carbonyl (C=O) groups excluding carboxylic acids is 1. The Morgan fingerprint density at radius 3 is 2.81 bits per heavy atom. The van der Waals surface area contributed by atoms with Crippen molar-refractivity contribution in [1.82, 2.24) is 4.90 Å². The van der Waals surface area contributed by atoms with E-state index in [0.29, 0.717) is 42.6 Å². The lowest BCUT2D eigenvalue weighted by atomic mass is 10.0. The van der Waals surface area contributed by atoms with Crippen LogP contribution < -0.4 is 18.9 Å². The van der Waals surface area contributed by atoms with Gasteiger partial charge >= 0.3 is 0 Å². The summed E-state index contributed by atoms with van der Waals surface area (Å²) in [6.07, 6.45) is 3.34. The highest BCUT2D eigenvalue weighted by atomic mass is 16.5. The molecule has 0 saturated heterocycles. The van der Waals surface area contributed by atoms with E-state index in [1.165, 1.54) is 0 Å². The molecule has 3 heterocycles. The zero-order chi connectivity index (χ0) is 21.4. The molecule has 0 radical (unpaired) electrons. The normalized spacial score (nSPS) is 16.5. The van der Waals surface area contributed by atoms with E-state index < -0.39 is 0 Å². The Morgan fingerprint density at radius 2 is 2.03 bits per heavy atom. The molecule has 0 spiro atoms. The average Bonchev–Trinajstić information content (AvgIpc) is 3.42. The Bertz CT molecular complexity index is 1170. The van der Waals surface area contributed by atoms with Crippen LogP contribution in [0, 0.1) is 0 Å². The molecule has 0 saturated carbocycles. The Hall–Kier alpha value is -3.71. The number of allylic oxidation sites excluding steroid dienone is 1. The van der Waals surface area contributed by atoms with Gasteiger partial charge < -0.3 is 23.4 Å². The van der Waals surface area contributed by atoms with Gasteiger partial charge in [0.25, 0.3) is 0 Å². The molecule has 0 N–H and O–H groups in total. The van der Waals surface area contributed by atoms with Crippen molar-refractivity contribution in [2.24, 2.45) is 0 Å². The summed E-state index contributed by atoms with van der Waals surface area (Å²) in [5, 5.41) is 0. The Kier molecular flexibility index (Phi) is 4.88. The Labute approximate surface area is 179 Å². The first-order chi connectivity index (χ1) is 15.2. The number of ketones is 1. The summed E-state index contributed by atoms with van der Waals surface area (Å²) in [6, 6.07) is 12.8. The maximum atomic E-state index is 13.0. The third-order valence-corrected chi connectivity index (χ3v) is 5.37. The lowest BCUT2D eigenvalue weighted by Crippen LogP contribution is -2.31. The molecule has 0 bridgehead atoms. The molecule has 7 nitrogen and oxygen atoms in total.